The van der Waals surface area contributed by atoms with Crippen molar-refractivity contribution in [3.8, 4) is 0 Å². The van der Waals surface area contributed by atoms with Crippen LogP contribution < -0.4 is 5.32 Å². The molecule has 1 aromatic heterocycles. The van der Waals surface area contributed by atoms with Gasteiger partial charge in [-0.1, -0.05) is 24.9 Å². The van der Waals surface area contributed by atoms with E-state index in [1.807, 2.05) is 0 Å². The van der Waals surface area contributed by atoms with Crippen LogP contribution in [0.25, 0.3) is 0 Å². The first-order chi connectivity index (χ1) is 7.61. The van der Waals surface area contributed by atoms with Crippen LogP contribution in [0.15, 0.2) is 18.5 Å². The molecule has 0 unspecified atom stereocenters. The number of amides is 1. The number of nitrogens with zero attached hydrogens (tertiary/aromatic N) is 1. The van der Waals surface area contributed by atoms with Gasteiger partial charge in [-0.3, -0.25) is 9.78 Å². The lowest BCUT2D eigenvalue weighted by atomic mass is 9.70. The van der Waals surface area contributed by atoms with Crippen molar-refractivity contribution in [1.29, 1.82) is 0 Å². The summed E-state index contributed by atoms with van der Waals surface area (Å²) in [6.45, 7) is 2.93. The second kappa shape index (κ2) is 4.42. The predicted octanol–water partition coefficient (Wildman–Crippen LogP) is 2.66. The largest absolute Gasteiger partial charge is 0.351 e. The van der Waals surface area contributed by atoms with Crippen molar-refractivity contribution in [2.24, 2.45) is 5.41 Å². The number of hydrogen-bond acceptors (Lipinski definition) is 2. The van der Waals surface area contributed by atoms with Gasteiger partial charge in [-0.2, -0.15) is 0 Å². The second-order valence-electron chi connectivity index (χ2n) is 4.70. The van der Waals surface area contributed by atoms with Gasteiger partial charge in [-0.25, -0.2) is 0 Å². The average molecular weight is 239 g/mol. The fraction of sp³-hybridized carbons (Fsp3) is 0.500. The molecule has 1 N–H and O–H groups in total. The van der Waals surface area contributed by atoms with Crippen LogP contribution in [-0.4, -0.2) is 17.4 Å². The fourth-order valence-corrected chi connectivity index (χ4v) is 2.11. The van der Waals surface area contributed by atoms with E-state index in [1.54, 1.807) is 12.3 Å². The van der Waals surface area contributed by atoms with Crippen molar-refractivity contribution in [2.45, 2.75) is 26.2 Å². The topological polar surface area (TPSA) is 42.0 Å². The second-order valence-corrected chi connectivity index (χ2v) is 5.11. The number of rotatable bonds is 3. The van der Waals surface area contributed by atoms with Crippen LogP contribution in [0.3, 0.4) is 0 Å². The minimum atomic E-state index is -0.111. The molecule has 0 spiro atoms. The molecule has 2 rings (SSSR count). The summed E-state index contributed by atoms with van der Waals surface area (Å²) in [6, 6.07) is 1.64. The van der Waals surface area contributed by atoms with Gasteiger partial charge >= 0.3 is 0 Å². The number of aromatic nitrogens is 1. The molecule has 1 saturated carbocycles. The Bertz CT molecular complexity index is 402. The number of carbonyl (C=O) groups is 1. The first-order valence-corrected chi connectivity index (χ1v) is 5.86. The zero-order chi connectivity index (χ0) is 11.6. The lowest BCUT2D eigenvalue weighted by Crippen LogP contribution is -2.40. The SMILES string of the molecule is CC1(CNC(=O)c2ccncc2Cl)CCC1. The van der Waals surface area contributed by atoms with E-state index < -0.39 is 0 Å². The predicted molar refractivity (Wildman–Crippen MR) is 63.5 cm³/mol. The van der Waals surface area contributed by atoms with Crippen LogP contribution in [0, 0.1) is 5.41 Å². The molecule has 4 heteroatoms. The van der Waals surface area contributed by atoms with Gasteiger partial charge in [0.15, 0.2) is 0 Å². The Morgan fingerprint density at radius 3 is 2.94 bits per heavy atom. The van der Waals surface area contributed by atoms with Gasteiger partial charge in [0.2, 0.25) is 0 Å². The van der Waals surface area contributed by atoms with Crippen molar-refractivity contribution in [2.75, 3.05) is 6.54 Å². The van der Waals surface area contributed by atoms with E-state index >= 15 is 0 Å². The highest BCUT2D eigenvalue weighted by Gasteiger charge is 2.32. The summed E-state index contributed by atoms with van der Waals surface area (Å²) in [5.74, 6) is -0.111. The number of halogens is 1. The molecule has 1 fully saturated rings. The molecule has 86 valence electrons. The van der Waals surface area contributed by atoms with E-state index in [4.69, 9.17) is 11.6 Å². The van der Waals surface area contributed by atoms with Crippen LogP contribution in [0.5, 0.6) is 0 Å². The summed E-state index contributed by atoms with van der Waals surface area (Å²) in [5, 5.41) is 3.33. The van der Waals surface area contributed by atoms with Crippen molar-refractivity contribution in [1.82, 2.24) is 10.3 Å². The minimum absolute atomic E-state index is 0.111. The molecule has 1 aliphatic carbocycles. The molecule has 1 amide bonds. The molecule has 16 heavy (non-hydrogen) atoms. The van der Waals surface area contributed by atoms with E-state index in [1.165, 1.54) is 25.5 Å². The zero-order valence-electron chi connectivity index (χ0n) is 9.29. The van der Waals surface area contributed by atoms with Crippen LogP contribution in [-0.2, 0) is 0 Å². The Morgan fingerprint density at radius 1 is 1.62 bits per heavy atom. The average Bonchev–Trinajstić information content (AvgIpc) is 2.24. The molecular weight excluding hydrogens is 224 g/mol. The first-order valence-electron chi connectivity index (χ1n) is 5.48. The van der Waals surface area contributed by atoms with E-state index in [2.05, 4.69) is 17.2 Å². The van der Waals surface area contributed by atoms with Gasteiger partial charge in [-0.15, -0.1) is 0 Å². The fourth-order valence-electron chi connectivity index (χ4n) is 1.91. The van der Waals surface area contributed by atoms with E-state index in [0.717, 1.165) is 6.54 Å². The molecule has 0 aliphatic heterocycles. The van der Waals surface area contributed by atoms with Gasteiger partial charge in [0.1, 0.15) is 0 Å². The van der Waals surface area contributed by atoms with Gasteiger partial charge in [0.25, 0.3) is 5.91 Å². The molecule has 1 aliphatic rings. The third-order valence-electron chi connectivity index (χ3n) is 3.25. The normalized spacial score (nSPS) is 17.6. The summed E-state index contributed by atoms with van der Waals surface area (Å²) in [7, 11) is 0. The first kappa shape index (κ1) is 11.4. The van der Waals surface area contributed by atoms with Crippen molar-refractivity contribution in [3.63, 3.8) is 0 Å². The highest BCUT2D eigenvalue weighted by Crippen LogP contribution is 2.39. The van der Waals surface area contributed by atoms with E-state index in [-0.39, 0.29) is 11.3 Å². The standard InChI is InChI=1S/C12H15ClN2O/c1-12(4-2-5-12)8-15-11(16)9-3-6-14-7-10(9)13/h3,6-7H,2,4-5,8H2,1H3,(H,15,16). The van der Waals surface area contributed by atoms with Gasteiger partial charge < -0.3 is 5.32 Å². The minimum Gasteiger partial charge on any atom is -0.351 e. The number of hydrogen-bond donors (Lipinski definition) is 1. The maximum atomic E-state index is 11.8. The lowest BCUT2D eigenvalue weighted by molar-refractivity contribution is 0.0891. The highest BCUT2D eigenvalue weighted by atomic mass is 35.5. The Labute approximate surface area is 100 Å². The Hall–Kier alpha value is -1.09. The van der Waals surface area contributed by atoms with E-state index in [0.29, 0.717) is 10.6 Å². The summed E-state index contributed by atoms with van der Waals surface area (Å²) in [5.41, 5.74) is 0.786. The maximum Gasteiger partial charge on any atom is 0.252 e. The quantitative estimate of drug-likeness (QED) is 0.880. The molecule has 0 bridgehead atoms. The highest BCUT2D eigenvalue weighted by molar-refractivity contribution is 6.33. The molecule has 0 radical (unpaired) electrons. The summed E-state index contributed by atoms with van der Waals surface area (Å²) in [4.78, 5) is 15.7. The number of carbonyl (C=O) groups excluding carboxylic acids is 1. The maximum absolute atomic E-state index is 11.8. The smallest absolute Gasteiger partial charge is 0.252 e. The Balaban J connectivity index is 1.96. The molecule has 3 nitrogen and oxygen atoms in total. The molecule has 0 atom stereocenters. The van der Waals surface area contributed by atoms with Crippen LogP contribution >= 0.6 is 11.6 Å². The van der Waals surface area contributed by atoms with Gasteiger partial charge in [-0.05, 0) is 24.3 Å². The molecule has 1 aromatic rings. The summed E-state index contributed by atoms with van der Waals surface area (Å²) < 4.78 is 0. The van der Waals surface area contributed by atoms with Crippen LogP contribution in [0.1, 0.15) is 36.5 Å². The Morgan fingerprint density at radius 2 is 2.38 bits per heavy atom. The van der Waals surface area contributed by atoms with Crippen molar-refractivity contribution < 1.29 is 4.79 Å². The summed E-state index contributed by atoms with van der Waals surface area (Å²) in [6.07, 6.45) is 6.71. The van der Waals surface area contributed by atoms with Crippen molar-refractivity contribution in [3.05, 3.63) is 29.0 Å². The number of pyridine rings is 1. The third-order valence-corrected chi connectivity index (χ3v) is 3.55. The number of nitrogens with one attached hydrogen (secondary N) is 1. The Kier molecular flexibility index (Phi) is 3.15. The van der Waals surface area contributed by atoms with Crippen LogP contribution in [0.2, 0.25) is 5.02 Å². The third kappa shape index (κ3) is 2.35. The lowest BCUT2D eigenvalue weighted by Gasteiger charge is -2.38. The van der Waals surface area contributed by atoms with Crippen molar-refractivity contribution >= 4 is 17.5 Å². The van der Waals surface area contributed by atoms with E-state index in [9.17, 15) is 4.79 Å². The molecule has 1 heterocycles. The van der Waals surface area contributed by atoms with Gasteiger partial charge in [0.05, 0.1) is 10.6 Å². The summed E-state index contributed by atoms with van der Waals surface area (Å²) >= 11 is 5.89. The molecule has 0 saturated heterocycles. The zero-order valence-corrected chi connectivity index (χ0v) is 10.0. The monoisotopic (exact) mass is 238 g/mol. The molecular formula is C12H15ClN2O. The van der Waals surface area contributed by atoms with Crippen LogP contribution in [0.4, 0.5) is 0 Å². The van der Waals surface area contributed by atoms with Gasteiger partial charge in [0, 0.05) is 18.9 Å². The molecule has 0 aromatic carbocycles.